The molecule has 0 fully saturated rings. The van der Waals surface area contributed by atoms with Crippen LogP contribution >= 0.6 is 31.9 Å². The van der Waals surface area contributed by atoms with Crippen LogP contribution in [0.3, 0.4) is 0 Å². The summed E-state index contributed by atoms with van der Waals surface area (Å²) in [6.45, 7) is 6.18. The van der Waals surface area contributed by atoms with Crippen molar-refractivity contribution in [3.8, 4) is 11.4 Å². The van der Waals surface area contributed by atoms with Crippen LogP contribution in [0.25, 0.3) is 11.4 Å². The minimum absolute atomic E-state index is 0.312. The summed E-state index contributed by atoms with van der Waals surface area (Å²) in [6.07, 6.45) is 0. The molecule has 0 aliphatic heterocycles. The number of hydrazine groups is 1. The molecule has 0 amide bonds. The normalized spacial score (nSPS) is 10.9. The number of halogens is 2. The van der Waals surface area contributed by atoms with Gasteiger partial charge >= 0.3 is 0 Å². The third kappa shape index (κ3) is 3.02. The molecule has 4 nitrogen and oxygen atoms in total. The van der Waals surface area contributed by atoms with Gasteiger partial charge in [-0.05, 0) is 62.9 Å². The van der Waals surface area contributed by atoms with Crippen molar-refractivity contribution in [2.24, 2.45) is 5.84 Å². The summed E-state index contributed by atoms with van der Waals surface area (Å²) in [7, 11) is 0. The Morgan fingerprint density at radius 2 is 1.85 bits per heavy atom. The Kier molecular flexibility index (Phi) is 4.78. The smallest absolute Gasteiger partial charge is 0.161 e. The summed E-state index contributed by atoms with van der Waals surface area (Å²) in [5.41, 5.74) is 5.61. The summed E-state index contributed by atoms with van der Waals surface area (Å²) in [5.74, 6) is 7.26. The van der Waals surface area contributed by atoms with Crippen LogP contribution < -0.4 is 11.3 Å². The number of nitrogens with two attached hydrogens (primary N) is 1. The highest BCUT2D eigenvalue weighted by Gasteiger charge is 2.15. The number of rotatable bonds is 3. The van der Waals surface area contributed by atoms with E-state index >= 15 is 0 Å². The quantitative estimate of drug-likeness (QED) is 0.593. The molecule has 0 bridgehead atoms. The van der Waals surface area contributed by atoms with E-state index in [1.54, 1.807) is 0 Å². The van der Waals surface area contributed by atoms with Crippen LogP contribution in [-0.4, -0.2) is 9.97 Å². The first-order valence-electron chi connectivity index (χ1n) is 6.24. The number of nitrogens with one attached hydrogen (secondary N) is 1. The van der Waals surface area contributed by atoms with Crippen LogP contribution in [0.5, 0.6) is 0 Å². The SMILES string of the molecule is Cc1nc(-c2ccc(Br)c(Br)c2)nc(NN)c1C(C)C. The van der Waals surface area contributed by atoms with Crippen LogP contribution in [0.2, 0.25) is 0 Å². The lowest BCUT2D eigenvalue weighted by atomic mass is 10.0. The standard InChI is InChI=1S/C14H16Br2N4/c1-7(2)12-8(3)18-13(19-14(12)20-17)9-4-5-10(15)11(16)6-9/h4-7H,17H2,1-3H3,(H,18,19,20). The fourth-order valence-corrected chi connectivity index (χ4v) is 2.77. The third-order valence-electron chi connectivity index (χ3n) is 3.03. The molecule has 0 saturated heterocycles. The van der Waals surface area contributed by atoms with Gasteiger partial charge in [0.25, 0.3) is 0 Å². The molecule has 1 heterocycles. The Labute approximate surface area is 135 Å². The second-order valence-electron chi connectivity index (χ2n) is 4.82. The zero-order chi connectivity index (χ0) is 14.9. The fourth-order valence-electron chi connectivity index (χ4n) is 2.15. The average molecular weight is 400 g/mol. The molecule has 0 aliphatic rings. The number of aryl methyl sites for hydroxylation is 1. The summed E-state index contributed by atoms with van der Waals surface area (Å²) in [5, 5.41) is 0. The maximum atomic E-state index is 5.60. The highest BCUT2D eigenvalue weighted by Crippen LogP contribution is 2.31. The zero-order valence-electron chi connectivity index (χ0n) is 11.5. The molecule has 0 spiro atoms. The number of anilines is 1. The molecular weight excluding hydrogens is 384 g/mol. The number of benzene rings is 1. The van der Waals surface area contributed by atoms with Crippen molar-refractivity contribution in [2.45, 2.75) is 26.7 Å². The molecule has 106 valence electrons. The van der Waals surface area contributed by atoms with Gasteiger partial charge in [-0.1, -0.05) is 13.8 Å². The fraction of sp³-hybridized carbons (Fsp3) is 0.286. The summed E-state index contributed by atoms with van der Waals surface area (Å²) in [6, 6.07) is 5.91. The molecule has 3 N–H and O–H groups in total. The van der Waals surface area contributed by atoms with E-state index in [0.717, 1.165) is 25.8 Å². The van der Waals surface area contributed by atoms with Crippen molar-refractivity contribution < 1.29 is 0 Å². The third-order valence-corrected chi connectivity index (χ3v) is 4.91. The van der Waals surface area contributed by atoms with Crippen molar-refractivity contribution in [1.82, 2.24) is 9.97 Å². The van der Waals surface area contributed by atoms with Gasteiger partial charge in [0.15, 0.2) is 5.82 Å². The second-order valence-corrected chi connectivity index (χ2v) is 6.53. The lowest BCUT2D eigenvalue weighted by Crippen LogP contribution is -2.14. The lowest BCUT2D eigenvalue weighted by Gasteiger charge is -2.15. The van der Waals surface area contributed by atoms with E-state index in [1.165, 1.54) is 0 Å². The van der Waals surface area contributed by atoms with Gasteiger partial charge in [-0.25, -0.2) is 15.8 Å². The minimum atomic E-state index is 0.312. The topological polar surface area (TPSA) is 63.8 Å². The van der Waals surface area contributed by atoms with E-state index in [4.69, 9.17) is 5.84 Å². The van der Waals surface area contributed by atoms with Gasteiger partial charge in [0.2, 0.25) is 0 Å². The zero-order valence-corrected chi connectivity index (χ0v) is 14.7. The summed E-state index contributed by atoms with van der Waals surface area (Å²) in [4.78, 5) is 9.13. The predicted octanol–water partition coefficient (Wildman–Crippen LogP) is 4.39. The van der Waals surface area contributed by atoms with Crippen LogP contribution in [-0.2, 0) is 0 Å². The second kappa shape index (κ2) is 6.20. The van der Waals surface area contributed by atoms with E-state index in [0.29, 0.717) is 17.6 Å². The summed E-state index contributed by atoms with van der Waals surface area (Å²) < 4.78 is 1.96. The Hall–Kier alpha value is -0.980. The van der Waals surface area contributed by atoms with Crippen molar-refractivity contribution >= 4 is 37.7 Å². The van der Waals surface area contributed by atoms with Crippen LogP contribution in [0.15, 0.2) is 27.1 Å². The Bertz CT molecular complexity index is 641. The maximum Gasteiger partial charge on any atom is 0.161 e. The first-order valence-corrected chi connectivity index (χ1v) is 7.83. The van der Waals surface area contributed by atoms with Crippen molar-refractivity contribution in [3.63, 3.8) is 0 Å². The van der Waals surface area contributed by atoms with Crippen LogP contribution in [0.1, 0.15) is 31.0 Å². The molecule has 2 rings (SSSR count). The number of hydrogen-bond donors (Lipinski definition) is 2. The van der Waals surface area contributed by atoms with Crippen LogP contribution in [0.4, 0.5) is 5.82 Å². The lowest BCUT2D eigenvalue weighted by molar-refractivity contribution is 0.832. The molecule has 0 radical (unpaired) electrons. The van der Waals surface area contributed by atoms with Crippen LogP contribution in [0, 0.1) is 6.92 Å². The largest absolute Gasteiger partial charge is 0.308 e. The molecule has 0 saturated carbocycles. The van der Waals surface area contributed by atoms with Gasteiger partial charge in [0.1, 0.15) is 5.82 Å². The highest BCUT2D eigenvalue weighted by atomic mass is 79.9. The Morgan fingerprint density at radius 1 is 1.15 bits per heavy atom. The first-order chi connectivity index (χ1) is 9.43. The molecule has 1 aromatic carbocycles. The highest BCUT2D eigenvalue weighted by molar-refractivity contribution is 9.13. The van der Waals surface area contributed by atoms with E-state index < -0.39 is 0 Å². The maximum absolute atomic E-state index is 5.60. The molecule has 0 aliphatic carbocycles. The molecule has 1 aromatic heterocycles. The molecule has 0 unspecified atom stereocenters. The van der Waals surface area contributed by atoms with Crippen molar-refractivity contribution in [1.29, 1.82) is 0 Å². The van der Waals surface area contributed by atoms with E-state index in [1.807, 2.05) is 25.1 Å². The first kappa shape index (κ1) is 15.4. The van der Waals surface area contributed by atoms with Crippen molar-refractivity contribution in [2.75, 3.05) is 5.43 Å². The van der Waals surface area contributed by atoms with Gasteiger partial charge < -0.3 is 5.43 Å². The number of nitrogens with zero attached hydrogens (tertiary/aromatic N) is 2. The number of nitrogen functional groups attached to an aromatic ring is 1. The van der Waals surface area contributed by atoms with Crippen molar-refractivity contribution in [3.05, 3.63) is 38.4 Å². The van der Waals surface area contributed by atoms with Gasteiger partial charge in [0.05, 0.1) is 0 Å². The molecule has 2 aromatic rings. The minimum Gasteiger partial charge on any atom is -0.308 e. The Balaban J connectivity index is 2.58. The average Bonchev–Trinajstić information content (AvgIpc) is 2.40. The van der Waals surface area contributed by atoms with Gasteiger partial charge in [-0.2, -0.15) is 0 Å². The monoisotopic (exact) mass is 398 g/mol. The van der Waals surface area contributed by atoms with Gasteiger partial charge in [-0.15, -0.1) is 0 Å². The molecular formula is C14H16Br2N4. The number of aromatic nitrogens is 2. The Morgan fingerprint density at radius 3 is 2.40 bits per heavy atom. The van der Waals surface area contributed by atoms with Gasteiger partial charge in [0, 0.05) is 25.8 Å². The molecule has 20 heavy (non-hydrogen) atoms. The van der Waals surface area contributed by atoms with E-state index in [-0.39, 0.29) is 0 Å². The predicted molar refractivity (Wildman–Crippen MR) is 89.5 cm³/mol. The molecule has 0 atom stereocenters. The molecule has 6 heteroatoms. The van der Waals surface area contributed by atoms with Gasteiger partial charge in [-0.3, -0.25) is 0 Å². The van der Waals surface area contributed by atoms with E-state index in [2.05, 4.69) is 61.1 Å². The summed E-state index contributed by atoms with van der Waals surface area (Å²) >= 11 is 6.95. The number of hydrogen-bond acceptors (Lipinski definition) is 4. The van der Waals surface area contributed by atoms with E-state index in [9.17, 15) is 0 Å².